The Kier molecular flexibility index (Phi) is 9.21. The number of hydrogen-bond donors (Lipinski definition) is 0. The zero-order valence-electron chi connectivity index (χ0n) is 15.3. The van der Waals surface area contributed by atoms with E-state index in [0.29, 0.717) is 19.6 Å². The van der Waals surface area contributed by atoms with Crippen molar-refractivity contribution in [2.24, 2.45) is 5.92 Å². The van der Waals surface area contributed by atoms with Gasteiger partial charge in [-0.25, -0.2) is 0 Å². The van der Waals surface area contributed by atoms with E-state index in [2.05, 4.69) is 0 Å². The summed E-state index contributed by atoms with van der Waals surface area (Å²) >= 11 is 0. The molecule has 0 aromatic heterocycles. The molecular weight excluding hydrogens is 331 g/mol. The van der Waals surface area contributed by atoms with E-state index in [0.717, 1.165) is 12.8 Å². The van der Waals surface area contributed by atoms with Gasteiger partial charge in [0.25, 0.3) is 0 Å². The molecule has 1 aliphatic rings. The maximum absolute atomic E-state index is 13.5. The lowest BCUT2D eigenvalue weighted by atomic mass is 9.94. The van der Waals surface area contributed by atoms with E-state index < -0.39 is 18.7 Å². The van der Waals surface area contributed by atoms with Gasteiger partial charge in [0.1, 0.15) is 0 Å². The largest absolute Gasteiger partial charge is 0.465 e. The summed E-state index contributed by atoms with van der Waals surface area (Å²) in [6.45, 7) is 8.90. The van der Waals surface area contributed by atoms with E-state index >= 15 is 0 Å². The lowest BCUT2D eigenvalue weighted by molar-refractivity contribution is -0.147. The molecule has 0 aliphatic heterocycles. The minimum atomic E-state index is -3.66. The molecule has 0 aromatic rings. The van der Waals surface area contributed by atoms with Crippen LogP contribution < -0.4 is 0 Å². The van der Waals surface area contributed by atoms with Gasteiger partial charge in [0.15, 0.2) is 5.16 Å². The van der Waals surface area contributed by atoms with E-state index in [4.69, 9.17) is 18.5 Å². The number of rotatable bonds is 11. The highest BCUT2D eigenvalue weighted by Crippen LogP contribution is 2.68. The number of ether oxygens (including phenoxy) is 2. The molecule has 0 N–H and O–H groups in total. The van der Waals surface area contributed by atoms with Crippen LogP contribution in [0.3, 0.4) is 0 Å². The van der Waals surface area contributed by atoms with Gasteiger partial charge in [-0.2, -0.15) is 0 Å². The first kappa shape index (κ1) is 21.4. The zero-order chi connectivity index (χ0) is 18.1. The highest BCUT2D eigenvalue weighted by Gasteiger charge is 2.63. The van der Waals surface area contributed by atoms with Crippen LogP contribution in [-0.4, -0.2) is 44.2 Å². The van der Waals surface area contributed by atoms with Crippen molar-refractivity contribution in [3.8, 4) is 0 Å². The third kappa shape index (κ3) is 4.48. The summed E-state index contributed by atoms with van der Waals surface area (Å²) in [5.74, 6) is -0.736. The fourth-order valence-corrected chi connectivity index (χ4v) is 5.80. The normalized spacial score (nSPS) is 24.6. The van der Waals surface area contributed by atoms with Gasteiger partial charge < -0.3 is 18.5 Å². The predicted octanol–water partition coefficient (Wildman–Crippen LogP) is 3.95. The molecule has 0 bridgehead atoms. The average molecular weight is 362 g/mol. The highest BCUT2D eigenvalue weighted by molar-refractivity contribution is 7.56. The number of esters is 1. The van der Waals surface area contributed by atoms with Gasteiger partial charge in [-0.15, -0.1) is 0 Å². The third-order valence-corrected chi connectivity index (χ3v) is 7.10. The second-order valence-electron chi connectivity index (χ2n) is 5.56. The molecule has 0 heterocycles. The Labute approximate surface area is 145 Å². The lowest BCUT2D eigenvalue weighted by Crippen LogP contribution is -2.44. The quantitative estimate of drug-likeness (QED) is 0.240. The molecule has 7 heteroatoms. The van der Waals surface area contributed by atoms with Crippen LogP contribution in [0.1, 0.15) is 47.0 Å². The SMILES string of the molecule is CCOC/C=C/[C@@H]1CCC[C@@]1(C(=O)OCC)P(=O)(OCC)OCC. The van der Waals surface area contributed by atoms with Gasteiger partial charge in [-0.1, -0.05) is 18.6 Å². The topological polar surface area (TPSA) is 71.1 Å². The summed E-state index contributed by atoms with van der Waals surface area (Å²) in [7, 11) is -3.66. The molecule has 0 aromatic carbocycles. The zero-order valence-corrected chi connectivity index (χ0v) is 16.2. The minimum absolute atomic E-state index is 0.216. The fraction of sp³-hybridized carbons (Fsp3) is 0.824. The smallest absolute Gasteiger partial charge is 0.348 e. The van der Waals surface area contributed by atoms with Crippen LogP contribution in [0, 0.1) is 5.92 Å². The second kappa shape index (κ2) is 10.3. The summed E-state index contributed by atoms with van der Waals surface area (Å²) in [6, 6.07) is 0. The van der Waals surface area contributed by atoms with Crippen molar-refractivity contribution in [1.29, 1.82) is 0 Å². The monoisotopic (exact) mass is 362 g/mol. The first-order chi connectivity index (χ1) is 11.5. The van der Waals surface area contributed by atoms with Crippen LogP contribution in [0.5, 0.6) is 0 Å². The Balaban J connectivity index is 3.23. The maximum Gasteiger partial charge on any atom is 0.348 e. The van der Waals surface area contributed by atoms with Crippen LogP contribution in [0.2, 0.25) is 0 Å². The molecule has 140 valence electrons. The van der Waals surface area contributed by atoms with E-state index in [1.165, 1.54) is 0 Å². The maximum atomic E-state index is 13.5. The Morgan fingerprint density at radius 1 is 1.12 bits per heavy atom. The van der Waals surface area contributed by atoms with E-state index in [-0.39, 0.29) is 25.7 Å². The highest BCUT2D eigenvalue weighted by atomic mass is 31.2. The Morgan fingerprint density at radius 2 is 1.79 bits per heavy atom. The van der Waals surface area contributed by atoms with Crippen molar-refractivity contribution in [2.75, 3.05) is 33.0 Å². The predicted molar refractivity (Wildman–Crippen MR) is 93.2 cm³/mol. The van der Waals surface area contributed by atoms with Crippen LogP contribution in [-0.2, 0) is 27.9 Å². The van der Waals surface area contributed by atoms with Crippen LogP contribution in [0.25, 0.3) is 0 Å². The van der Waals surface area contributed by atoms with Gasteiger partial charge >= 0.3 is 13.6 Å². The summed E-state index contributed by atoms with van der Waals surface area (Å²) in [4.78, 5) is 12.8. The fourth-order valence-electron chi connectivity index (χ4n) is 3.25. The Morgan fingerprint density at radius 3 is 2.33 bits per heavy atom. The first-order valence-corrected chi connectivity index (χ1v) is 10.4. The molecule has 1 aliphatic carbocycles. The summed E-state index contributed by atoms with van der Waals surface area (Å²) in [5.41, 5.74) is 0. The average Bonchev–Trinajstić information content (AvgIpc) is 2.98. The van der Waals surface area contributed by atoms with Crippen LogP contribution in [0.4, 0.5) is 0 Å². The summed E-state index contributed by atoms with van der Waals surface area (Å²) < 4.78 is 35.2. The van der Waals surface area contributed by atoms with Gasteiger partial charge in [-0.05, 0) is 40.5 Å². The Bertz CT molecular complexity index is 454. The Hall–Kier alpha value is -0.680. The van der Waals surface area contributed by atoms with Crippen molar-refractivity contribution in [2.45, 2.75) is 52.1 Å². The van der Waals surface area contributed by atoms with Crippen LogP contribution >= 0.6 is 7.60 Å². The standard InChI is InChI=1S/C17H31O6P/c1-5-20-14-10-12-15-11-9-13-17(15,16(18)21-6-2)24(19,22-7-3)23-8-4/h10,12,15H,5-9,11,13-14H2,1-4H3/b12-10+/t15-,17+/m0/s1. The van der Waals surface area contributed by atoms with Crippen molar-refractivity contribution >= 4 is 13.6 Å². The van der Waals surface area contributed by atoms with Crippen molar-refractivity contribution in [1.82, 2.24) is 0 Å². The molecule has 0 spiro atoms. The van der Waals surface area contributed by atoms with E-state index in [9.17, 15) is 9.36 Å². The summed E-state index contributed by atoms with van der Waals surface area (Å²) in [6.07, 6.45) is 5.73. The van der Waals surface area contributed by atoms with Gasteiger partial charge in [0.05, 0.1) is 26.4 Å². The molecule has 2 atom stereocenters. The van der Waals surface area contributed by atoms with Crippen molar-refractivity contribution < 1.29 is 27.9 Å². The van der Waals surface area contributed by atoms with E-state index in [1.807, 2.05) is 19.1 Å². The second-order valence-corrected chi connectivity index (χ2v) is 7.87. The molecule has 0 amide bonds. The summed E-state index contributed by atoms with van der Waals surface area (Å²) in [5, 5.41) is -1.27. The van der Waals surface area contributed by atoms with E-state index in [1.54, 1.807) is 20.8 Å². The number of allylic oxidation sites excluding steroid dienone is 1. The molecule has 24 heavy (non-hydrogen) atoms. The van der Waals surface area contributed by atoms with Crippen molar-refractivity contribution in [3.63, 3.8) is 0 Å². The minimum Gasteiger partial charge on any atom is -0.465 e. The molecule has 1 saturated carbocycles. The van der Waals surface area contributed by atoms with Crippen molar-refractivity contribution in [3.05, 3.63) is 12.2 Å². The molecule has 1 rings (SSSR count). The third-order valence-electron chi connectivity index (χ3n) is 4.19. The molecule has 0 unspecified atom stereocenters. The number of hydrogen-bond acceptors (Lipinski definition) is 6. The van der Waals surface area contributed by atoms with Gasteiger partial charge in [-0.3, -0.25) is 9.36 Å². The van der Waals surface area contributed by atoms with Crippen LogP contribution in [0.15, 0.2) is 12.2 Å². The number of carbonyl (C=O) groups is 1. The molecule has 1 fully saturated rings. The molecule has 0 radical (unpaired) electrons. The first-order valence-electron chi connectivity index (χ1n) is 8.83. The van der Waals surface area contributed by atoms with Gasteiger partial charge in [0.2, 0.25) is 0 Å². The molecule has 6 nitrogen and oxygen atoms in total. The lowest BCUT2D eigenvalue weighted by Gasteiger charge is -2.37. The molecule has 0 saturated heterocycles. The molecular formula is C17H31O6P. The number of carbonyl (C=O) groups excluding carboxylic acids is 1. The van der Waals surface area contributed by atoms with Gasteiger partial charge in [0, 0.05) is 12.5 Å².